The molecule has 0 saturated heterocycles. The van der Waals surface area contributed by atoms with Crippen LogP contribution >= 0.6 is 11.6 Å². The summed E-state index contributed by atoms with van der Waals surface area (Å²) in [6, 6.07) is 10.4. The molecule has 0 aliphatic carbocycles. The highest BCUT2D eigenvalue weighted by molar-refractivity contribution is 6.33. The van der Waals surface area contributed by atoms with Crippen LogP contribution in [0.4, 0.5) is 4.39 Å². The van der Waals surface area contributed by atoms with Crippen LogP contribution in [0.15, 0.2) is 36.4 Å². The fourth-order valence-corrected chi connectivity index (χ4v) is 1.75. The zero-order chi connectivity index (χ0) is 13.8. The van der Waals surface area contributed by atoms with Gasteiger partial charge >= 0.3 is 0 Å². The average molecular weight is 276 g/mol. The number of benzene rings is 2. The van der Waals surface area contributed by atoms with E-state index < -0.39 is 5.82 Å². The lowest BCUT2D eigenvalue weighted by atomic mass is 10.2. The van der Waals surface area contributed by atoms with E-state index in [0.717, 1.165) is 6.07 Å². The molecule has 0 unspecified atom stereocenters. The van der Waals surface area contributed by atoms with Crippen molar-refractivity contribution in [1.29, 1.82) is 5.26 Å². The molecule has 19 heavy (non-hydrogen) atoms. The van der Waals surface area contributed by atoms with Gasteiger partial charge in [-0.3, -0.25) is 4.79 Å². The number of ether oxygens (including phenoxy) is 1. The lowest BCUT2D eigenvalue weighted by molar-refractivity contribution is 0.112. The minimum absolute atomic E-state index is 0.0351. The van der Waals surface area contributed by atoms with Gasteiger partial charge in [0.15, 0.2) is 6.29 Å². The van der Waals surface area contributed by atoms with Crippen molar-refractivity contribution in [3.05, 3.63) is 58.4 Å². The van der Waals surface area contributed by atoms with Gasteiger partial charge in [-0.25, -0.2) is 4.39 Å². The SMILES string of the molecule is N#Cc1c(F)cccc1Oc1cccc(Cl)c1C=O. The number of nitriles is 1. The van der Waals surface area contributed by atoms with Crippen LogP contribution in [0.2, 0.25) is 5.02 Å². The second kappa shape index (κ2) is 5.51. The monoisotopic (exact) mass is 275 g/mol. The molecule has 0 aliphatic rings. The molecule has 0 saturated carbocycles. The fraction of sp³-hybridized carbons (Fsp3) is 0. The summed E-state index contributed by atoms with van der Waals surface area (Å²) >= 11 is 5.85. The first-order valence-corrected chi connectivity index (χ1v) is 5.65. The van der Waals surface area contributed by atoms with Gasteiger partial charge in [-0.15, -0.1) is 0 Å². The zero-order valence-electron chi connectivity index (χ0n) is 9.56. The van der Waals surface area contributed by atoms with Gasteiger partial charge in [0.25, 0.3) is 0 Å². The lowest BCUT2D eigenvalue weighted by Gasteiger charge is -2.10. The Kier molecular flexibility index (Phi) is 3.79. The number of carbonyl (C=O) groups excluding carboxylic acids is 1. The van der Waals surface area contributed by atoms with Crippen molar-refractivity contribution in [1.82, 2.24) is 0 Å². The van der Waals surface area contributed by atoms with Gasteiger partial charge < -0.3 is 4.74 Å². The molecule has 0 radical (unpaired) electrons. The van der Waals surface area contributed by atoms with Crippen LogP contribution in [0.1, 0.15) is 15.9 Å². The number of carbonyl (C=O) groups is 1. The van der Waals surface area contributed by atoms with Crippen molar-refractivity contribution in [3.8, 4) is 17.6 Å². The zero-order valence-corrected chi connectivity index (χ0v) is 10.3. The molecular weight excluding hydrogens is 269 g/mol. The van der Waals surface area contributed by atoms with E-state index in [0.29, 0.717) is 6.29 Å². The number of rotatable bonds is 3. The quantitative estimate of drug-likeness (QED) is 0.797. The van der Waals surface area contributed by atoms with Gasteiger partial charge in [0.2, 0.25) is 0 Å². The van der Waals surface area contributed by atoms with Gasteiger partial charge in [0, 0.05) is 0 Å². The molecule has 0 bridgehead atoms. The summed E-state index contributed by atoms with van der Waals surface area (Å²) in [4.78, 5) is 11.0. The van der Waals surface area contributed by atoms with Gasteiger partial charge in [-0.1, -0.05) is 23.7 Å². The Morgan fingerprint density at radius 1 is 1.21 bits per heavy atom. The number of hydrogen-bond donors (Lipinski definition) is 0. The van der Waals surface area contributed by atoms with Gasteiger partial charge in [-0.05, 0) is 24.3 Å². The van der Waals surface area contributed by atoms with E-state index in [9.17, 15) is 9.18 Å². The second-order valence-corrected chi connectivity index (χ2v) is 4.00. The van der Waals surface area contributed by atoms with Crippen molar-refractivity contribution in [3.63, 3.8) is 0 Å². The van der Waals surface area contributed by atoms with E-state index in [1.165, 1.54) is 24.3 Å². The van der Waals surface area contributed by atoms with Crippen LogP contribution in [-0.2, 0) is 0 Å². The van der Waals surface area contributed by atoms with Crippen molar-refractivity contribution >= 4 is 17.9 Å². The van der Waals surface area contributed by atoms with E-state index in [1.807, 2.05) is 0 Å². The van der Waals surface area contributed by atoms with Crippen LogP contribution in [0.25, 0.3) is 0 Å². The summed E-state index contributed by atoms with van der Waals surface area (Å²) in [7, 11) is 0. The summed E-state index contributed by atoms with van der Waals surface area (Å²) in [6.45, 7) is 0. The molecule has 2 aromatic rings. The van der Waals surface area contributed by atoms with Gasteiger partial charge in [0.05, 0.1) is 10.6 Å². The number of hydrogen-bond acceptors (Lipinski definition) is 3. The molecule has 2 rings (SSSR count). The molecule has 0 atom stereocenters. The summed E-state index contributed by atoms with van der Waals surface area (Å²) in [5, 5.41) is 9.12. The predicted molar refractivity (Wildman–Crippen MR) is 68.0 cm³/mol. The van der Waals surface area contributed by atoms with E-state index in [2.05, 4.69) is 0 Å². The second-order valence-electron chi connectivity index (χ2n) is 3.60. The van der Waals surface area contributed by atoms with Crippen LogP contribution in [0.5, 0.6) is 11.5 Å². The highest BCUT2D eigenvalue weighted by Gasteiger charge is 2.13. The van der Waals surface area contributed by atoms with Crippen LogP contribution < -0.4 is 4.74 Å². The molecule has 0 spiro atoms. The number of nitrogens with zero attached hydrogens (tertiary/aromatic N) is 1. The molecule has 0 N–H and O–H groups in total. The first kappa shape index (κ1) is 13.1. The first-order valence-electron chi connectivity index (χ1n) is 5.27. The molecule has 94 valence electrons. The van der Waals surface area contributed by atoms with Crippen molar-refractivity contribution in [2.45, 2.75) is 0 Å². The Morgan fingerprint density at radius 3 is 2.58 bits per heavy atom. The number of halogens is 2. The maximum absolute atomic E-state index is 13.4. The third-order valence-electron chi connectivity index (χ3n) is 2.44. The first-order chi connectivity index (χ1) is 9.17. The Morgan fingerprint density at radius 2 is 1.89 bits per heavy atom. The average Bonchev–Trinajstić information content (AvgIpc) is 2.39. The molecule has 0 fully saturated rings. The Balaban J connectivity index is 2.49. The minimum Gasteiger partial charge on any atom is -0.455 e. The largest absolute Gasteiger partial charge is 0.455 e. The highest BCUT2D eigenvalue weighted by atomic mass is 35.5. The normalized spacial score (nSPS) is 9.74. The fourth-order valence-electron chi connectivity index (χ4n) is 1.54. The summed E-state index contributed by atoms with van der Waals surface area (Å²) < 4.78 is 18.8. The van der Waals surface area contributed by atoms with E-state index in [4.69, 9.17) is 21.6 Å². The minimum atomic E-state index is -0.685. The Hall–Kier alpha value is -2.38. The molecule has 5 heteroatoms. The summed E-state index contributed by atoms with van der Waals surface area (Å²) in [5.74, 6) is -0.479. The van der Waals surface area contributed by atoms with Crippen molar-refractivity contribution in [2.24, 2.45) is 0 Å². The molecule has 2 aromatic carbocycles. The Labute approximate surface area is 113 Å². The Bertz CT molecular complexity index is 680. The van der Waals surface area contributed by atoms with E-state index in [1.54, 1.807) is 12.1 Å². The molecular formula is C14H7ClFNO2. The van der Waals surface area contributed by atoms with Gasteiger partial charge in [-0.2, -0.15) is 5.26 Å². The molecule has 0 aliphatic heterocycles. The van der Waals surface area contributed by atoms with E-state index >= 15 is 0 Å². The molecule has 3 nitrogen and oxygen atoms in total. The van der Waals surface area contributed by atoms with Crippen LogP contribution in [0, 0.1) is 17.1 Å². The third kappa shape index (κ3) is 2.56. The maximum atomic E-state index is 13.4. The van der Waals surface area contributed by atoms with Gasteiger partial charge in [0.1, 0.15) is 28.9 Å². The number of aldehydes is 1. The molecule has 0 heterocycles. The smallest absolute Gasteiger partial charge is 0.155 e. The topological polar surface area (TPSA) is 50.1 Å². The predicted octanol–water partition coefficient (Wildman–Crippen LogP) is 3.96. The summed E-state index contributed by atoms with van der Waals surface area (Å²) in [6.07, 6.45) is 0.545. The third-order valence-corrected chi connectivity index (χ3v) is 2.77. The summed E-state index contributed by atoms with van der Waals surface area (Å²) in [5.41, 5.74) is -0.0726. The standard InChI is InChI=1S/C14H7ClFNO2/c15-11-3-1-5-14(10(11)8-18)19-13-6-2-4-12(16)9(13)7-17/h1-6,8H. The van der Waals surface area contributed by atoms with E-state index in [-0.39, 0.29) is 27.6 Å². The van der Waals surface area contributed by atoms with Crippen LogP contribution in [0.3, 0.4) is 0 Å². The molecule has 0 amide bonds. The highest BCUT2D eigenvalue weighted by Crippen LogP contribution is 2.31. The molecule has 0 aromatic heterocycles. The van der Waals surface area contributed by atoms with Crippen molar-refractivity contribution in [2.75, 3.05) is 0 Å². The lowest BCUT2D eigenvalue weighted by Crippen LogP contribution is -1.95. The van der Waals surface area contributed by atoms with Crippen molar-refractivity contribution < 1.29 is 13.9 Å². The maximum Gasteiger partial charge on any atom is 0.155 e. The van der Waals surface area contributed by atoms with Crippen LogP contribution in [-0.4, -0.2) is 6.29 Å².